The summed E-state index contributed by atoms with van der Waals surface area (Å²) in [5, 5.41) is 2.65. The van der Waals surface area contributed by atoms with Crippen molar-refractivity contribution in [2.75, 3.05) is 13.2 Å². The summed E-state index contributed by atoms with van der Waals surface area (Å²) in [6.07, 6.45) is -1.46. The number of unbranched alkanes of at least 4 members (excludes halogenated alkanes) is 2. The van der Waals surface area contributed by atoms with Gasteiger partial charge in [-0.15, -0.1) is 0 Å². The number of carbonyl (C=O) groups is 1. The molecule has 0 aliphatic carbocycles. The van der Waals surface area contributed by atoms with E-state index in [9.17, 15) is 18.0 Å². The third kappa shape index (κ3) is 5.95. The van der Waals surface area contributed by atoms with Gasteiger partial charge in [0.15, 0.2) is 6.61 Å². The molecule has 0 aliphatic heterocycles. The lowest BCUT2D eigenvalue weighted by molar-refractivity contribution is -0.137. The second-order valence-electron chi connectivity index (χ2n) is 4.37. The van der Waals surface area contributed by atoms with E-state index >= 15 is 0 Å². The van der Waals surface area contributed by atoms with Crippen molar-refractivity contribution in [2.24, 2.45) is 0 Å². The molecule has 0 fully saturated rings. The van der Waals surface area contributed by atoms with E-state index in [1.807, 2.05) is 0 Å². The van der Waals surface area contributed by atoms with Gasteiger partial charge < -0.3 is 10.1 Å². The van der Waals surface area contributed by atoms with Crippen LogP contribution in [0.25, 0.3) is 0 Å². The number of nitrogens with one attached hydrogen (secondary N) is 1. The highest BCUT2D eigenvalue weighted by Crippen LogP contribution is 2.31. The Hall–Kier alpha value is -1.72. The molecule has 0 bridgehead atoms. The Balaban J connectivity index is 2.40. The van der Waals surface area contributed by atoms with Gasteiger partial charge in [-0.25, -0.2) is 0 Å². The van der Waals surface area contributed by atoms with Crippen LogP contribution in [0.15, 0.2) is 24.3 Å². The number of carbonyl (C=O) groups excluding carboxylic acids is 1. The summed E-state index contributed by atoms with van der Waals surface area (Å²) in [6, 6.07) is 4.47. The maximum absolute atomic E-state index is 12.5. The first kappa shape index (κ1) is 16.3. The van der Waals surface area contributed by atoms with Crippen LogP contribution in [0.2, 0.25) is 0 Å². The Morgan fingerprint density at radius 2 is 2.05 bits per heavy atom. The van der Waals surface area contributed by atoms with E-state index in [0.29, 0.717) is 6.54 Å². The standard InChI is InChI=1S/C14H18F3NO2/c1-2-3-4-8-18-13(19)10-20-12-7-5-6-11(9-12)14(15,16)17/h5-7,9H,2-4,8,10H2,1H3,(H,18,19). The number of hydrogen-bond donors (Lipinski definition) is 1. The van der Waals surface area contributed by atoms with Crippen molar-refractivity contribution < 1.29 is 22.7 Å². The lowest BCUT2D eigenvalue weighted by Crippen LogP contribution is -2.29. The molecule has 1 N–H and O–H groups in total. The Labute approximate surface area is 116 Å². The normalized spacial score (nSPS) is 11.2. The van der Waals surface area contributed by atoms with Crippen LogP contribution in [-0.4, -0.2) is 19.1 Å². The van der Waals surface area contributed by atoms with Gasteiger partial charge in [0.1, 0.15) is 5.75 Å². The molecule has 112 valence electrons. The fourth-order valence-corrected chi connectivity index (χ4v) is 1.56. The van der Waals surface area contributed by atoms with E-state index in [1.165, 1.54) is 12.1 Å². The summed E-state index contributed by atoms with van der Waals surface area (Å²) >= 11 is 0. The van der Waals surface area contributed by atoms with Crippen molar-refractivity contribution in [3.05, 3.63) is 29.8 Å². The van der Waals surface area contributed by atoms with Gasteiger partial charge in [-0.2, -0.15) is 13.2 Å². The molecule has 0 aromatic heterocycles. The van der Waals surface area contributed by atoms with Crippen LogP contribution >= 0.6 is 0 Å². The van der Waals surface area contributed by atoms with Gasteiger partial charge in [-0.3, -0.25) is 4.79 Å². The number of benzene rings is 1. The lowest BCUT2D eigenvalue weighted by atomic mass is 10.2. The molecule has 1 aromatic carbocycles. The molecule has 0 unspecified atom stereocenters. The highest BCUT2D eigenvalue weighted by Gasteiger charge is 2.30. The van der Waals surface area contributed by atoms with Crippen LogP contribution in [0, 0.1) is 0 Å². The van der Waals surface area contributed by atoms with Crippen molar-refractivity contribution in [1.29, 1.82) is 0 Å². The second-order valence-corrected chi connectivity index (χ2v) is 4.37. The van der Waals surface area contributed by atoms with Crippen molar-refractivity contribution in [1.82, 2.24) is 5.32 Å². The van der Waals surface area contributed by atoms with E-state index in [4.69, 9.17) is 4.74 Å². The summed E-state index contributed by atoms with van der Waals surface area (Å²) in [7, 11) is 0. The molecule has 1 rings (SSSR count). The Kier molecular flexibility index (Phi) is 6.35. The fraction of sp³-hybridized carbons (Fsp3) is 0.500. The summed E-state index contributed by atoms with van der Waals surface area (Å²) in [5.41, 5.74) is -0.793. The first-order valence-corrected chi connectivity index (χ1v) is 6.50. The van der Waals surface area contributed by atoms with E-state index < -0.39 is 11.7 Å². The van der Waals surface area contributed by atoms with E-state index in [1.54, 1.807) is 0 Å². The molecule has 0 saturated carbocycles. The highest BCUT2D eigenvalue weighted by molar-refractivity contribution is 5.77. The number of hydrogen-bond acceptors (Lipinski definition) is 2. The lowest BCUT2D eigenvalue weighted by Gasteiger charge is -2.10. The van der Waals surface area contributed by atoms with Gasteiger partial charge >= 0.3 is 6.18 Å². The van der Waals surface area contributed by atoms with E-state index in [2.05, 4.69) is 12.2 Å². The summed E-state index contributed by atoms with van der Waals surface area (Å²) in [4.78, 5) is 11.4. The van der Waals surface area contributed by atoms with Crippen LogP contribution in [0.5, 0.6) is 5.75 Å². The van der Waals surface area contributed by atoms with Crippen molar-refractivity contribution in [3.63, 3.8) is 0 Å². The predicted octanol–water partition coefficient (Wildman–Crippen LogP) is 3.39. The van der Waals surface area contributed by atoms with Crippen molar-refractivity contribution >= 4 is 5.91 Å². The average Bonchev–Trinajstić information content (AvgIpc) is 2.41. The van der Waals surface area contributed by atoms with Gasteiger partial charge in [0.2, 0.25) is 0 Å². The molecular weight excluding hydrogens is 271 g/mol. The first-order valence-electron chi connectivity index (χ1n) is 6.50. The topological polar surface area (TPSA) is 38.3 Å². The molecule has 1 aromatic rings. The van der Waals surface area contributed by atoms with Crippen molar-refractivity contribution in [2.45, 2.75) is 32.4 Å². The Morgan fingerprint density at radius 1 is 1.30 bits per heavy atom. The predicted molar refractivity (Wildman–Crippen MR) is 69.5 cm³/mol. The Bertz CT molecular complexity index is 433. The van der Waals surface area contributed by atoms with Crippen molar-refractivity contribution in [3.8, 4) is 5.75 Å². The molecule has 0 heterocycles. The number of alkyl halides is 3. The zero-order chi connectivity index (χ0) is 15.0. The summed E-state index contributed by atoms with van der Waals surface area (Å²) in [6.45, 7) is 2.32. The SMILES string of the molecule is CCCCCNC(=O)COc1cccc(C(F)(F)F)c1. The zero-order valence-corrected chi connectivity index (χ0v) is 11.3. The quantitative estimate of drug-likeness (QED) is 0.781. The minimum atomic E-state index is -4.41. The monoisotopic (exact) mass is 289 g/mol. The van der Waals surface area contributed by atoms with Gasteiger partial charge in [-0.1, -0.05) is 25.8 Å². The minimum absolute atomic E-state index is 0.0310. The minimum Gasteiger partial charge on any atom is -0.484 e. The van der Waals surface area contributed by atoms with Crippen LogP contribution < -0.4 is 10.1 Å². The van der Waals surface area contributed by atoms with E-state index in [-0.39, 0.29) is 18.3 Å². The third-order valence-corrected chi connectivity index (χ3v) is 2.63. The van der Waals surface area contributed by atoms with E-state index in [0.717, 1.165) is 31.4 Å². The van der Waals surface area contributed by atoms with Crippen LogP contribution in [0.1, 0.15) is 31.7 Å². The molecule has 0 radical (unpaired) electrons. The smallest absolute Gasteiger partial charge is 0.416 e. The van der Waals surface area contributed by atoms with Gasteiger partial charge in [0.25, 0.3) is 5.91 Å². The highest BCUT2D eigenvalue weighted by atomic mass is 19.4. The first-order chi connectivity index (χ1) is 9.43. The zero-order valence-electron chi connectivity index (χ0n) is 11.3. The fourth-order valence-electron chi connectivity index (χ4n) is 1.56. The maximum Gasteiger partial charge on any atom is 0.416 e. The largest absolute Gasteiger partial charge is 0.484 e. The average molecular weight is 289 g/mol. The molecule has 0 aliphatic rings. The Morgan fingerprint density at radius 3 is 2.70 bits per heavy atom. The van der Waals surface area contributed by atoms with Gasteiger partial charge in [-0.05, 0) is 24.6 Å². The number of amides is 1. The number of ether oxygens (including phenoxy) is 1. The molecule has 0 atom stereocenters. The van der Waals surface area contributed by atoms with Gasteiger partial charge in [0, 0.05) is 6.54 Å². The molecule has 1 amide bonds. The summed E-state index contributed by atoms with van der Waals surface area (Å²) < 4.78 is 42.5. The number of halogens is 3. The number of rotatable bonds is 7. The molecular formula is C14H18F3NO2. The van der Waals surface area contributed by atoms with Crippen LogP contribution in [0.4, 0.5) is 13.2 Å². The second kappa shape index (κ2) is 7.77. The summed E-state index contributed by atoms with van der Waals surface area (Å²) in [5.74, 6) is -0.304. The van der Waals surface area contributed by atoms with Crippen LogP contribution in [0.3, 0.4) is 0 Å². The molecule has 0 spiro atoms. The molecule has 3 nitrogen and oxygen atoms in total. The molecule has 0 saturated heterocycles. The molecule has 20 heavy (non-hydrogen) atoms. The van der Waals surface area contributed by atoms with Crippen LogP contribution in [-0.2, 0) is 11.0 Å². The van der Waals surface area contributed by atoms with Gasteiger partial charge in [0.05, 0.1) is 5.56 Å². The maximum atomic E-state index is 12.5. The molecule has 6 heteroatoms. The third-order valence-electron chi connectivity index (χ3n) is 2.63.